The predicted molar refractivity (Wildman–Crippen MR) is 67.4 cm³/mol. The molecule has 86 valence electrons. The van der Waals surface area contributed by atoms with Crippen LogP contribution in [0.5, 0.6) is 0 Å². The van der Waals surface area contributed by atoms with Crippen LogP contribution in [-0.4, -0.2) is 16.9 Å². The van der Waals surface area contributed by atoms with Crippen LogP contribution in [0.1, 0.15) is 20.3 Å². The molecule has 1 aliphatic rings. The smallest absolute Gasteiger partial charge is 0.226 e. The molecule has 0 fully saturated rings. The summed E-state index contributed by atoms with van der Waals surface area (Å²) in [5, 5.41) is 6.16. The Morgan fingerprint density at radius 1 is 1.56 bits per heavy atom. The van der Waals surface area contributed by atoms with Gasteiger partial charge in [0, 0.05) is 23.1 Å². The van der Waals surface area contributed by atoms with Gasteiger partial charge in [-0.05, 0) is 27.9 Å². The maximum Gasteiger partial charge on any atom is 0.226 e. The molecule has 0 radical (unpaired) electrons. The minimum atomic E-state index is 0.0323. The number of carbonyl (C=O) groups is 1. The molecular formula is C11H14BrN3O. The second-order valence-electron chi connectivity index (χ2n) is 4.30. The van der Waals surface area contributed by atoms with Crippen LogP contribution < -0.4 is 10.6 Å². The zero-order valence-corrected chi connectivity index (χ0v) is 10.8. The molecule has 2 N–H and O–H groups in total. The van der Waals surface area contributed by atoms with E-state index in [9.17, 15) is 4.79 Å². The van der Waals surface area contributed by atoms with Crippen molar-refractivity contribution in [3.8, 4) is 0 Å². The summed E-state index contributed by atoms with van der Waals surface area (Å²) in [6, 6.07) is 1.99. The van der Waals surface area contributed by atoms with Crippen molar-refractivity contribution in [2.24, 2.45) is 5.92 Å². The van der Waals surface area contributed by atoms with Gasteiger partial charge in [0.05, 0.1) is 5.69 Å². The highest BCUT2D eigenvalue weighted by atomic mass is 79.9. The highest BCUT2D eigenvalue weighted by Crippen LogP contribution is 2.28. The molecule has 4 nitrogen and oxygen atoms in total. The quantitative estimate of drug-likeness (QED) is 0.833. The van der Waals surface area contributed by atoms with Gasteiger partial charge in [0.2, 0.25) is 5.91 Å². The van der Waals surface area contributed by atoms with Crippen molar-refractivity contribution in [1.29, 1.82) is 0 Å². The van der Waals surface area contributed by atoms with Gasteiger partial charge in [-0.25, -0.2) is 4.98 Å². The second kappa shape index (κ2) is 4.41. The molecule has 0 spiro atoms. The summed E-state index contributed by atoms with van der Waals surface area (Å²) < 4.78 is 0.858. The fourth-order valence-corrected chi connectivity index (χ4v) is 2.01. The van der Waals surface area contributed by atoms with E-state index < -0.39 is 0 Å². The molecule has 2 heterocycles. The van der Waals surface area contributed by atoms with Crippen LogP contribution in [0.4, 0.5) is 11.5 Å². The van der Waals surface area contributed by atoms with Gasteiger partial charge in [-0.15, -0.1) is 0 Å². The summed E-state index contributed by atoms with van der Waals surface area (Å²) >= 11 is 3.34. The Labute approximate surface area is 103 Å². The van der Waals surface area contributed by atoms with E-state index in [-0.39, 0.29) is 11.9 Å². The number of hydrogen-bond acceptors (Lipinski definition) is 3. The SMILES string of the molecule is CC(C)C1CC(=O)Nc2cc(Br)cnc2N1. The molecule has 1 unspecified atom stereocenters. The van der Waals surface area contributed by atoms with Crippen LogP contribution in [0.2, 0.25) is 0 Å². The third-order valence-corrected chi connectivity index (χ3v) is 3.09. The maximum atomic E-state index is 11.7. The molecule has 0 bridgehead atoms. The third-order valence-electron chi connectivity index (χ3n) is 2.66. The summed E-state index contributed by atoms with van der Waals surface area (Å²) in [7, 11) is 0. The summed E-state index contributed by atoms with van der Waals surface area (Å²) in [5.41, 5.74) is 0.738. The average molecular weight is 284 g/mol. The van der Waals surface area contributed by atoms with Gasteiger partial charge in [-0.1, -0.05) is 13.8 Å². The molecule has 1 aromatic rings. The minimum Gasteiger partial charge on any atom is -0.365 e. The van der Waals surface area contributed by atoms with Gasteiger partial charge in [0.15, 0.2) is 0 Å². The van der Waals surface area contributed by atoms with Crippen molar-refractivity contribution in [1.82, 2.24) is 4.98 Å². The van der Waals surface area contributed by atoms with E-state index in [2.05, 4.69) is 45.4 Å². The zero-order chi connectivity index (χ0) is 11.7. The van der Waals surface area contributed by atoms with Gasteiger partial charge in [0.1, 0.15) is 5.82 Å². The van der Waals surface area contributed by atoms with E-state index in [1.54, 1.807) is 6.20 Å². The van der Waals surface area contributed by atoms with E-state index in [0.29, 0.717) is 12.3 Å². The summed E-state index contributed by atoms with van der Waals surface area (Å²) in [5.74, 6) is 1.17. The highest BCUT2D eigenvalue weighted by Gasteiger charge is 2.23. The molecule has 5 heteroatoms. The van der Waals surface area contributed by atoms with E-state index in [4.69, 9.17) is 0 Å². The standard InChI is InChI=1S/C11H14BrN3O/c1-6(2)8-4-10(16)14-9-3-7(12)5-13-11(9)15-8/h3,5-6,8H,4H2,1-2H3,(H,13,15)(H,14,16). The van der Waals surface area contributed by atoms with Gasteiger partial charge in [-0.3, -0.25) is 4.79 Å². The first-order chi connectivity index (χ1) is 7.56. The number of aromatic nitrogens is 1. The zero-order valence-electron chi connectivity index (χ0n) is 9.25. The first kappa shape index (κ1) is 11.4. The van der Waals surface area contributed by atoms with Gasteiger partial charge in [0.25, 0.3) is 0 Å². The number of nitrogens with one attached hydrogen (secondary N) is 2. The van der Waals surface area contributed by atoms with Gasteiger partial charge in [-0.2, -0.15) is 0 Å². The number of rotatable bonds is 1. The van der Waals surface area contributed by atoms with Crippen molar-refractivity contribution in [2.75, 3.05) is 10.6 Å². The lowest BCUT2D eigenvalue weighted by Crippen LogP contribution is -2.28. The van der Waals surface area contributed by atoms with E-state index in [1.165, 1.54) is 0 Å². The molecule has 1 amide bonds. The number of nitrogens with zero attached hydrogens (tertiary/aromatic N) is 1. The lowest BCUT2D eigenvalue weighted by atomic mass is 10.0. The number of carbonyl (C=O) groups excluding carboxylic acids is 1. The van der Waals surface area contributed by atoms with E-state index >= 15 is 0 Å². The number of fused-ring (bicyclic) bond motifs is 1. The molecule has 1 aromatic heterocycles. The van der Waals surface area contributed by atoms with Gasteiger partial charge < -0.3 is 10.6 Å². The van der Waals surface area contributed by atoms with Crippen molar-refractivity contribution in [3.63, 3.8) is 0 Å². The van der Waals surface area contributed by atoms with Crippen molar-refractivity contribution >= 4 is 33.3 Å². The Balaban J connectivity index is 2.35. The fourth-order valence-electron chi connectivity index (χ4n) is 1.68. The summed E-state index contributed by atoms with van der Waals surface area (Å²) in [6.07, 6.45) is 2.20. The molecule has 0 aromatic carbocycles. The summed E-state index contributed by atoms with van der Waals surface area (Å²) in [6.45, 7) is 4.18. The van der Waals surface area contributed by atoms with Crippen molar-refractivity contribution in [3.05, 3.63) is 16.7 Å². The first-order valence-corrected chi connectivity index (χ1v) is 6.07. The highest BCUT2D eigenvalue weighted by molar-refractivity contribution is 9.10. The maximum absolute atomic E-state index is 11.7. The monoisotopic (exact) mass is 283 g/mol. The van der Waals surface area contributed by atoms with Crippen LogP contribution >= 0.6 is 15.9 Å². The van der Waals surface area contributed by atoms with E-state index in [0.717, 1.165) is 16.0 Å². The topological polar surface area (TPSA) is 54.0 Å². The Hall–Kier alpha value is -1.10. The van der Waals surface area contributed by atoms with E-state index in [1.807, 2.05) is 6.07 Å². The average Bonchev–Trinajstić information content (AvgIpc) is 2.35. The third kappa shape index (κ3) is 2.35. The fraction of sp³-hybridized carbons (Fsp3) is 0.455. The van der Waals surface area contributed by atoms with Crippen LogP contribution in [0.3, 0.4) is 0 Å². The molecule has 0 aliphatic carbocycles. The molecular weight excluding hydrogens is 270 g/mol. The number of halogens is 1. The van der Waals surface area contributed by atoms with Gasteiger partial charge >= 0.3 is 0 Å². The molecule has 1 atom stereocenters. The Kier molecular flexibility index (Phi) is 3.14. The Bertz CT molecular complexity index is 420. The van der Waals surface area contributed by atoms with Crippen molar-refractivity contribution in [2.45, 2.75) is 26.3 Å². The Morgan fingerprint density at radius 2 is 2.31 bits per heavy atom. The molecule has 0 saturated heterocycles. The predicted octanol–water partition coefficient (Wildman–Crippen LogP) is 2.62. The number of hydrogen-bond donors (Lipinski definition) is 2. The summed E-state index contributed by atoms with van der Waals surface area (Å²) in [4.78, 5) is 16.0. The van der Waals surface area contributed by atoms with Crippen LogP contribution in [-0.2, 0) is 4.79 Å². The Morgan fingerprint density at radius 3 is 3.00 bits per heavy atom. The number of pyridine rings is 1. The van der Waals surface area contributed by atoms with Crippen LogP contribution in [0, 0.1) is 5.92 Å². The number of amides is 1. The molecule has 2 rings (SSSR count). The lowest BCUT2D eigenvalue weighted by molar-refractivity contribution is -0.116. The lowest BCUT2D eigenvalue weighted by Gasteiger charge is -2.19. The number of anilines is 2. The molecule has 1 aliphatic heterocycles. The normalized spacial score (nSPS) is 19.8. The largest absolute Gasteiger partial charge is 0.365 e. The second-order valence-corrected chi connectivity index (χ2v) is 5.21. The molecule has 0 saturated carbocycles. The van der Waals surface area contributed by atoms with Crippen LogP contribution in [0.15, 0.2) is 16.7 Å². The molecule has 16 heavy (non-hydrogen) atoms. The minimum absolute atomic E-state index is 0.0323. The van der Waals surface area contributed by atoms with Crippen LogP contribution in [0.25, 0.3) is 0 Å². The van der Waals surface area contributed by atoms with Crippen molar-refractivity contribution < 1.29 is 4.79 Å². The first-order valence-electron chi connectivity index (χ1n) is 5.28.